The standard InChI is InChI=1S/C15H18N2O2.C8H11N/c1-13(18)16-9-11-17(12-10-16)15(19)8-7-14-5-3-2-4-6-14;1-7(9)8-5-3-2-4-6-8/h2-8H,9-12H2,1H3;2-7H,9H2,1H3. The molecule has 1 unspecified atom stereocenters. The minimum Gasteiger partial charge on any atom is -0.339 e. The van der Waals surface area contributed by atoms with Crippen LogP contribution in [0.2, 0.25) is 0 Å². The van der Waals surface area contributed by atoms with E-state index < -0.39 is 0 Å². The number of nitrogens with zero attached hydrogens (tertiary/aromatic N) is 2. The summed E-state index contributed by atoms with van der Waals surface area (Å²) in [4.78, 5) is 26.7. The molecule has 5 heteroatoms. The summed E-state index contributed by atoms with van der Waals surface area (Å²) in [5.41, 5.74) is 7.82. The van der Waals surface area contributed by atoms with Gasteiger partial charge in [0, 0.05) is 45.2 Å². The van der Waals surface area contributed by atoms with E-state index in [9.17, 15) is 9.59 Å². The third-order valence-electron chi connectivity index (χ3n) is 4.58. The molecule has 0 bridgehead atoms. The van der Waals surface area contributed by atoms with E-state index in [1.54, 1.807) is 22.8 Å². The van der Waals surface area contributed by atoms with Crippen molar-refractivity contribution in [2.75, 3.05) is 26.2 Å². The van der Waals surface area contributed by atoms with E-state index >= 15 is 0 Å². The predicted molar refractivity (Wildman–Crippen MR) is 113 cm³/mol. The molecule has 1 aliphatic heterocycles. The summed E-state index contributed by atoms with van der Waals surface area (Å²) >= 11 is 0. The van der Waals surface area contributed by atoms with Gasteiger partial charge in [-0.15, -0.1) is 0 Å². The van der Waals surface area contributed by atoms with Crippen LogP contribution in [0.25, 0.3) is 6.08 Å². The van der Waals surface area contributed by atoms with E-state index in [1.165, 1.54) is 5.56 Å². The van der Waals surface area contributed by atoms with Gasteiger partial charge in [-0.2, -0.15) is 0 Å². The van der Waals surface area contributed by atoms with E-state index in [2.05, 4.69) is 0 Å². The lowest BCUT2D eigenvalue weighted by molar-refractivity contribution is -0.135. The van der Waals surface area contributed by atoms with Crippen molar-refractivity contribution in [3.8, 4) is 0 Å². The minimum absolute atomic E-state index is 0.00653. The Balaban J connectivity index is 0.000000261. The molecule has 3 rings (SSSR count). The van der Waals surface area contributed by atoms with Crippen molar-refractivity contribution in [3.05, 3.63) is 77.9 Å². The van der Waals surface area contributed by atoms with E-state index in [0.717, 1.165) is 5.56 Å². The highest BCUT2D eigenvalue weighted by molar-refractivity contribution is 5.92. The van der Waals surface area contributed by atoms with Crippen LogP contribution in [0.5, 0.6) is 0 Å². The van der Waals surface area contributed by atoms with Crippen molar-refractivity contribution < 1.29 is 9.59 Å². The second-order valence-corrected chi connectivity index (χ2v) is 6.77. The van der Waals surface area contributed by atoms with E-state index in [1.807, 2.05) is 73.7 Å². The van der Waals surface area contributed by atoms with Crippen LogP contribution < -0.4 is 5.73 Å². The Morgan fingerprint density at radius 1 is 0.893 bits per heavy atom. The van der Waals surface area contributed by atoms with Crippen molar-refractivity contribution in [1.29, 1.82) is 0 Å². The number of hydrogen-bond acceptors (Lipinski definition) is 3. The summed E-state index contributed by atoms with van der Waals surface area (Å²) in [6.07, 6.45) is 3.42. The normalized spacial score (nSPS) is 15.0. The predicted octanol–water partition coefficient (Wildman–Crippen LogP) is 3.10. The quantitative estimate of drug-likeness (QED) is 0.834. The summed E-state index contributed by atoms with van der Waals surface area (Å²) in [6.45, 7) is 6.01. The van der Waals surface area contributed by atoms with Crippen molar-refractivity contribution in [2.45, 2.75) is 19.9 Å². The SMILES string of the molecule is CC(=O)N1CCN(C(=O)C=Cc2ccccc2)CC1.CC(N)c1ccccc1. The van der Waals surface area contributed by atoms with Crippen LogP contribution in [0.3, 0.4) is 0 Å². The fraction of sp³-hybridized carbons (Fsp3) is 0.304. The first-order valence-corrected chi connectivity index (χ1v) is 9.55. The molecule has 1 heterocycles. The Morgan fingerprint density at radius 2 is 1.39 bits per heavy atom. The van der Waals surface area contributed by atoms with Crippen LogP contribution >= 0.6 is 0 Å². The second-order valence-electron chi connectivity index (χ2n) is 6.77. The first-order valence-electron chi connectivity index (χ1n) is 9.55. The molecule has 2 N–H and O–H groups in total. The van der Waals surface area contributed by atoms with E-state index in [4.69, 9.17) is 5.73 Å². The Hall–Kier alpha value is -2.92. The lowest BCUT2D eigenvalue weighted by Gasteiger charge is -2.33. The van der Waals surface area contributed by atoms with Gasteiger partial charge in [0.25, 0.3) is 0 Å². The molecule has 1 aliphatic rings. The monoisotopic (exact) mass is 379 g/mol. The van der Waals surface area contributed by atoms with Crippen molar-refractivity contribution in [3.63, 3.8) is 0 Å². The first kappa shape index (κ1) is 21.4. The van der Waals surface area contributed by atoms with Gasteiger partial charge in [0.15, 0.2) is 0 Å². The number of piperazine rings is 1. The van der Waals surface area contributed by atoms with Crippen LogP contribution in [0.4, 0.5) is 0 Å². The third-order valence-corrected chi connectivity index (χ3v) is 4.58. The van der Waals surface area contributed by atoms with Crippen LogP contribution in [0.15, 0.2) is 66.7 Å². The maximum absolute atomic E-state index is 12.0. The van der Waals surface area contributed by atoms with Gasteiger partial charge in [0.05, 0.1) is 0 Å². The number of amides is 2. The number of benzene rings is 2. The first-order chi connectivity index (χ1) is 13.5. The van der Waals surface area contributed by atoms with Gasteiger partial charge in [-0.25, -0.2) is 0 Å². The fourth-order valence-electron chi connectivity index (χ4n) is 2.84. The smallest absolute Gasteiger partial charge is 0.246 e. The molecule has 0 aromatic heterocycles. The molecule has 2 aromatic carbocycles. The average molecular weight is 380 g/mol. The summed E-state index contributed by atoms with van der Waals surface area (Å²) in [5.74, 6) is 0.0824. The molecule has 2 aromatic rings. The maximum Gasteiger partial charge on any atom is 0.246 e. The Labute approximate surface area is 167 Å². The molecule has 5 nitrogen and oxygen atoms in total. The molecular formula is C23H29N3O2. The van der Waals surface area contributed by atoms with Crippen LogP contribution in [0.1, 0.15) is 31.0 Å². The molecule has 0 spiro atoms. The van der Waals surface area contributed by atoms with Gasteiger partial charge in [-0.05, 0) is 24.1 Å². The van der Waals surface area contributed by atoms with Gasteiger partial charge < -0.3 is 15.5 Å². The molecule has 0 aliphatic carbocycles. The van der Waals surface area contributed by atoms with Crippen LogP contribution in [-0.4, -0.2) is 47.8 Å². The van der Waals surface area contributed by atoms with Gasteiger partial charge in [0.2, 0.25) is 11.8 Å². The minimum atomic E-state index is 0.00653. The molecule has 148 valence electrons. The Kier molecular flexibility index (Phi) is 8.43. The Bertz CT molecular complexity index is 765. The van der Waals surface area contributed by atoms with Gasteiger partial charge in [-0.1, -0.05) is 60.7 Å². The molecule has 1 atom stereocenters. The zero-order valence-corrected chi connectivity index (χ0v) is 16.6. The van der Waals surface area contributed by atoms with Gasteiger partial charge >= 0.3 is 0 Å². The number of carbonyl (C=O) groups is 2. The van der Waals surface area contributed by atoms with Gasteiger partial charge in [-0.3, -0.25) is 9.59 Å². The highest BCUT2D eigenvalue weighted by Crippen LogP contribution is 2.07. The van der Waals surface area contributed by atoms with Crippen LogP contribution in [0, 0.1) is 0 Å². The summed E-state index contributed by atoms with van der Waals surface area (Å²) in [6, 6.07) is 19.9. The molecule has 1 saturated heterocycles. The number of hydrogen-bond donors (Lipinski definition) is 1. The highest BCUT2D eigenvalue weighted by Gasteiger charge is 2.20. The zero-order chi connectivity index (χ0) is 20.4. The number of nitrogens with two attached hydrogens (primary N) is 1. The van der Waals surface area contributed by atoms with Crippen molar-refractivity contribution in [1.82, 2.24) is 9.80 Å². The number of carbonyl (C=O) groups excluding carboxylic acids is 2. The van der Waals surface area contributed by atoms with E-state index in [0.29, 0.717) is 26.2 Å². The molecule has 0 radical (unpaired) electrons. The summed E-state index contributed by atoms with van der Waals surface area (Å²) in [7, 11) is 0. The molecular weight excluding hydrogens is 350 g/mol. The molecule has 1 fully saturated rings. The Morgan fingerprint density at radius 3 is 1.86 bits per heavy atom. The van der Waals surface area contributed by atoms with Crippen LogP contribution in [-0.2, 0) is 9.59 Å². The third kappa shape index (κ3) is 7.00. The van der Waals surface area contributed by atoms with Gasteiger partial charge in [0.1, 0.15) is 0 Å². The number of rotatable bonds is 3. The average Bonchev–Trinajstić information content (AvgIpc) is 2.74. The molecule has 0 saturated carbocycles. The van der Waals surface area contributed by atoms with Crippen molar-refractivity contribution in [2.24, 2.45) is 5.73 Å². The maximum atomic E-state index is 12.0. The lowest BCUT2D eigenvalue weighted by atomic mass is 10.1. The fourth-order valence-corrected chi connectivity index (χ4v) is 2.84. The largest absolute Gasteiger partial charge is 0.339 e. The summed E-state index contributed by atoms with van der Waals surface area (Å²) in [5, 5.41) is 0. The zero-order valence-electron chi connectivity index (χ0n) is 16.6. The molecule has 2 amide bonds. The topological polar surface area (TPSA) is 66.6 Å². The lowest BCUT2D eigenvalue weighted by Crippen LogP contribution is -2.49. The second kappa shape index (κ2) is 11.0. The molecule has 28 heavy (non-hydrogen) atoms. The summed E-state index contributed by atoms with van der Waals surface area (Å²) < 4.78 is 0. The van der Waals surface area contributed by atoms with E-state index in [-0.39, 0.29) is 17.9 Å². The van der Waals surface area contributed by atoms with Crippen molar-refractivity contribution >= 4 is 17.9 Å². The highest BCUT2D eigenvalue weighted by atomic mass is 16.2.